The fourth-order valence-corrected chi connectivity index (χ4v) is 7.75. The molecule has 2 unspecified atom stereocenters. The molecule has 6 aromatic rings. The number of aryl methyl sites for hydroxylation is 6. The van der Waals surface area contributed by atoms with Gasteiger partial charge >= 0.3 is 0 Å². The second-order valence-electron chi connectivity index (χ2n) is 15.8. The molecule has 0 saturated carbocycles. The van der Waals surface area contributed by atoms with Crippen molar-refractivity contribution >= 4 is 23.2 Å². The maximum Gasteiger partial charge on any atom is 0.200 e. The lowest BCUT2D eigenvalue weighted by molar-refractivity contribution is 0.263. The number of hydrogen-bond acceptors (Lipinski definition) is 8. The highest BCUT2D eigenvalue weighted by atomic mass is 16.5. The monoisotopic (exact) mass is 832 g/mol. The zero-order chi connectivity index (χ0) is 44.2. The van der Waals surface area contributed by atoms with E-state index in [-0.39, 0.29) is 0 Å². The summed E-state index contributed by atoms with van der Waals surface area (Å²) < 4.78 is 37.4. The van der Waals surface area contributed by atoms with Crippen LogP contribution in [-0.2, 0) is 9.47 Å². The van der Waals surface area contributed by atoms with E-state index in [1.165, 1.54) is 0 Å². The van der Waals surface area contributed by atoms with E-state index in [0.29, 0.717) is 25.0 Å². The van der Waals surface area contributed by atoms with Crippen molar-refractivity contribution in [2.45, 2.75) is 66.2 Å². The van der Waals surface area contributed by atoms with Crippen molar-refractivity contribution in [1.82, 2.24) is 0 Å². The SMILES string of the molecule is COC(=Nc1cccc(C)c1)C(c1cc(C)ccc1OC)c1cc(C)ccc1OCCCCOc1ccc(C)cc1C(C(=Nc1cccc(C)c1)OC)c1cc(C)ccc1OC. The van der Waals surface area contributed by atoms with Crippen LogP contribution >= 0.6 is 0 Å². The second kappa shape index (κ2) is 21.3. The Bertz CT molecular complexity index is 2350. The first-order valence-electron chi connectivity index (χ1n) is 21.2. The summed E-state index contributed by atoms with van der Waals surface area (Å²) in [4.78, 5) is 10.1. The summed E-state index contributed by atoms with van der Waals surface area (Å²) in [5.74, 6) is 3.29. The Morgan fingerprint density at radius 1 is 0.403 bits per heavy atom. The van der Waals surface area contributed by atoms with Crippen LogP contribution in [-0.4, -0.2) is 53.4 Å². The van der Waals surface area contributed by atoms with Gasteiger partial charge in [-0.1, -0.05) is 95.1 Å². The van der Waals surface area contributed by atoms with Crippen molar-refractivity contribution in [2.24, 2.45) is 9.98 Å². The molecule has 62 heavy (non-hydrogen) atoms. The van der Waals surface area contributed by atoms with E-state index in [1.807, 2.05) is 72.8 Å². The normalized spacial score (nSPS) is 12.7. The molecule has 0 radical (unpaired) electrons. The van der Waals surface area contributed by atoms with E-state index >= 15 is 0 Å². The molecule has 0 saturated heterocycles. The fourth-order valence-electron chi connectivity index (χ4n) is 7.75. The van der Waals surface area contributed by atoms with E-state index in [4.69, 9.17) is 38.4 Å². The first-order chi connectivity index (χ1) is 30.0. The molecular formula is C54H60N2O6. The Labute approximate surface area is 368 Å². The zero-order valence-electron chi connectivity index (χ0n) is 37.9. The van der Waals surface area contributed by atoms with Crippen LogP contribution in [0.1, 0.15) is 80.3 Å². The predicted octanol–water partition coefficient (Wildman–Crippen LogP) is 12.8. The largest absolute Gasteiger partial charge is 0.496 e. The van der Waals surface area contributed by atoms with Gasteiger partial charge in [0.2, 0.25) is 11.8 Å². The quantitative estimate of drug-likeness (QED) is 0.0517. The number of unbranched alkanes of at least 4 members (excludes halogenated alkanes) is 1. The zero-order valence-corrected chi connectivity index (χ0v) is 37.9. The van der Waals surface area contributed by atoms with Crippen molar-refractivity contribution in [1.29, 1.82) is 0 Å². The Kier molecular flexibility index (Phi) is 15.5. The standard InChI is InChI=1S/C54H60N2O6/c1-35-15-13-17-41(29-35)55-53(59-9)51(43-31-37(3)19-23-47(43)57-7)45-33-39(5)21-25-49(45)61-27-11-12-28-62-50-26-22-40(6)34-46(50)52(44-32-38(4)20-24-48(44)58-8)54(60-10)56-42-18-14-16-36(2)30-42/h13-26,29-34,51-52H,11-12,27-28H2,1-10H3. The van der Waals surface area contributed by atoms with Crippen LogP contribution in [0, 0.1) is 41.5 Å². The smallest absolute Gasteiger partial charge is 0.200 e. The molecule has 0 aliphatic carbocycles. The number of benzene rings is 6. The van der Waals surface area contributed by atoms with Crippen molar-refractivity contribution in [2.75, 3.05) is 41.7 Å². The third kappa shape index (κ3) is 11.2. The van der Waals surface area contributed by atoms with Gasteiger partial charge in [0, 0.05) is 22.3 Å². The molecule has 6 aromatic carbocycles. The first-order valence-corrected chi connectivity index (χ1v) is 21.2. The van der Waals surface area contributed by atoms with Crippen LogP contribution in [0.25, 0.3) is 0 Å². The molecule has 0 aromatic heterocycles. The summed E-state index contributed by atoms with van der Waals surface area (Å²) in [6, 6.07) is 41.1. The molecule has 0 bridgehead atoms. The maximum atomic E-state index is 6.64. The number of methoxy groups -OCH3 is 4. The number of hydrogen-bond donors (Lipinski definition) is 0. The van der Waals surface area contributed by atoms with Crippen molar-refractivity contribution < 1.29 is 28.4 Å². The summed E-state index contributed by atoms with van der Waals surface area (Å²) in [7, 11) is 6.73. The molecule has 8 heteroatoms. The lowest BCUT2D eigenvalue weighted by Gasteiger charge is -2.25. The number of nitrogens with zero attached hydrogens (tertiary/aromatic N) is 2. The third-order valence-corrected chi connectivity index (χ3v) is 10.8. The maximum absolute atomic E-state index is 6.64. The van der Waals surface area contributed by atoms with Gasteiger partial charge in [-0.2, -0.15) is 0 Å². The van der Waals surface area contributed by atoms with Crippen LogP contribution < -0.4 is 18.9 Å². The van der Waals surface area contributed by atoms with Crippen LogP contribution in [0.15, 0.2) is 131 Å². The van der Waals surface area contributed by atoms with Gasteiger partial charge in [0.05, 0.1) is 64.9 Å². The minimum absolute atomic E-state index is 0.403. The molecule has 8 nitrogen and oxygen atoms in total. The average molecular weight is 833 g/mol. The minimum Gasteiger partial charge on any atom is -0.496 e. The molecule has 0 fully saturated rings. The Morgan fingerprint density at radius 3 is 1.05 bits per heavy atom. The van der Waals surface area contributed by atoms with E-state index in [0.717, 1.165) is 103 Å². The number of ether oxygens (including phenoxy) is 6. The van der Waals surface area contributed by atoms with Gasteiger partial charge in [0.15, 0.2) is 0 Å². The average Bonchev–Trinajstić information content (AvgIpc) is 3.25. The molecule has 6 rings (SSSR count). The summed E-state index contributed by atoms with van der Waals surface area (Å²) in [6.07, 6.45) is 1.52. The molecule has 0 spiro atoms. The van der Waals surface area contributed by atoms with Gasteiger partial charge in [0.1, 0.15) is 23.0 Å². The number of aliphatic imine (C=N–C) groups is 2. The fraction of sp³-hybridized carbons (Fsp3) is 0.296. The highest BCUT2D eigenvalue weighted by Gasteiger charge is 2.30. The molecule has 2 atom stereocenters. The second-order valence-corrected chi connectivity index (χ2v) is 15.8. The molecular weight excluding hydrogens is 773 g/mol. The van der Waals surface area contributed by atoms with E-state index < -0.39 is 11.8 Å². The Hall–Kier alpha value is -6.54. The molecule has 0 heterocycles. The molecule has 0 amide bonds. The third-order valence-electron chi connectivity index (χ3n) is 10.8. The summed E-state index contributed by atoms with van der Waals surface area (Å²) in [6.45, 7) is 13.4. The van der Waals surface area contributed by atoms with Gasteiger partial charge in [0.25, 0.3) is 0 Å². The minimum atomic E-state index is -0.403. The Balaban J connectivity index is 1.26. The molecule has 0 aliphatic rings. The number of rotatable bonds is 17. The van der Waals surface area contributed by atoms with E-state index in [1.54, 1.807) is 28.4 Å². The lowest BCUT2D eigenvalue weighted by atomic mass is 9.87. The summed E-state index contributed by atoms with van der Waals surface area (Å²) in [5, 5.41) is 0. The van der Waals surface area contributed by atoms with Gasteiger partial charge in [-0.15, -0.1) is 0 Å². The summed E-state index contributed by atoms with van der Waals surface area (Å²) >= 11 is 0. The first kappa shape index (κ1) is 45.0. The summed E-state index contributed by atoms with van der Waals surface area (Å²) in [5.41, 5.74) is 12.0. The van der Waals surface area contributed by atoms with Crippen molar-refractivity contribution in [3.8, 4) is 23.0 Å². The molecule has 322 valence electrons. The van der Waals surface area contributed by atoms with E-state index in [2.05, 4.69) is 90.1 Å². The predicted molar refractivity (Wildman–Crippen MR) is 252 cm³/mol. The van der Waals surface area contributed by atoms with Crippen LogP contribution in [0.3, 0.4) is 0 Å². The van der Waals surface area contributed by atoms with E-state index in [9.17, 15) is 0 Å². The van der Waals surface area contributed by atoms with Crippen LogP contribution in [0.5, 0.6) is 23.0 Å². The van der Waals surface area contributed by atoms with Gasteiger partial charge < -0.3 is 28.4 Å². The van der Waals surface area contributed by atoms with Crippen molar-refractivity contribution in [3.05, 3.63) is 177 Å². The van der Waals surface area contributed by atoms with Crippen LogP contribution in [0.4, 0.5) is 11.4 Å². The van der Waals surface area contributed by atoms with Gasteiger partial charge in [-0.25, -0.2) is 9.98 Å². The highest BCUT2D eigenvalue weighted by molar-refractivity contribution is 5.92. The topological polar surface area (TPSA) is 80.1 Å². The highest BCUT2D eigenvalue weighted by Crippen LogP contribution is 2.42. The molecule has 0 N–H and O–H groups in total. The van der Waals surface area contributed by atoms with Crippen LogP contribution in [0.2, 0.25) is 0 Å². The Morgan fingerprint density at radius 2 is 0.726 bits per heavy atom. The van der Waals surface area contributed by atoms with Gasteiger partial charge in [-0.3, -0.25) is 0 Å². The lowest BCUT2D eigenvalue weighted by Crippen LogP contribution is -2.19. The van der Waals surface area contributed by atoms with Crippen molar-refractivity contribution in [3.63, 3.8) is 0 Å². The molecule has 0 aliphatic heterocycles. The van der Waals surface area contributed by atoms with Gasteiger partial charge in [-0.05, 0) is 114 Å².